The molecule has 5 heteroatoms. The summed E-state index contributed by atoms with van der Waals surface area (Å²) in [5.41, 5.74) is 0. The Kier molecular flexibility index (Phi) is 2.24. The van der Waals surface area contributed by atoms with Crippen molar-refractivity contribution in [3.63, 3.8) is 0 Å². The minimum absolute atomic E-state index is 0.441. The minimum Gasteiger partial charge on any atom is -0.350 e. The summed E-state index contributed by atoms with van der Waals surface area (Å²) in [5.74, 6) is 0.974. The van der Waals surface area contributed by atoms with Gasteiger partial charge in [-0.3, -0.25) is 4.68 Å². The lowest BCUT2D eigenvalue weighted by Crippen LogP contribution is -2.48. The number of hydrogen-bond acceptors (Lipinski definition) is 4. The Bertz CT molecular complexity index is 695. The molecule has 3 aromatic rings. The lowest BCUT2D eigenvalue weighted by atomic mass is 10.1. The summed E-state index contributed by atoms with van der Waals surface area (Å²) in [7, 11) is 0. The van der Waals surface area contributed by atoms with Crippen LogP contribution in [0.3, 0.4) is 0 Å². The van der Waals surface area contributed by atoms with Crippen molar-refractivity contribution in [3.8, 4) is 0 Å². The first kappa shape index (κ1) is 10.5. The van der Waals surface area contributed by atoms with Gasteiger partial charge in [-0.2, -0.15) is 10.2 Å². The third-order valence-corrected chi connectivity index (χ3v) is 3.61. The first-order valence-electron chi connectivity index (χ1n) is 6.36. The molecule has 2 aromatic heterocycles. The number of nitrogens with zero attached hydrogens (tertiary/aromatic N) is 5. The van der Waals surface area contributed by atoms with E-state index in [1.54, 1.807) is 0 Å². The van der Waals surface area contributed by atoms with Crippen molar-refractivity contribution in [2.45, 2.75) is 6.04 Å². The van der Waals surface area contributed by atoms with Gasteiger partial charge in [0.2, 0.25) is 0 Å². The van der Waals surface area contributed by atoms with Gasteiger partial charge in [-0.1, -0.05) is 24.3 Å². The summed E-state index contributed by atoms with van der Waals surface area (Å²) in [5, 5.41) is 15.0. The van der Waals surface area contributed by atoms with Gasteiger partial charge in [0.25, 0.3) is 0 Å². The van der Waals surface area contributed by atoms with Crippen LogP contribution in [0.15, 0.2) is 48.9 Å². The molecule has 0 atom stereocenters. The van der Waals surface area contributed by atoms with Gasteiger partial charge < -0.3 is 4.90 Å². The van der Waals surface area contributed by atoms with E-state index in [1.807, 2.05) is 41.5 Å². The average molecular weight is 251 g/mol. The monoisotopic (exact) mass is 251 g/mol. The van der Waals surface area contributed by atoms with Crippen molar-refractivity contribution in [1.82, 2.24) is 20.0 Å². The highest BCUT2D eigenvalue weighted by Crippen LogP contribution is 2.30. The van der Waals surface area contributed by atoms with Crippen molar-refractivity contribution in [1.29, 1.82) is 0 Å². The van der Waals surface area contributed by atoms with Crippen LogP contribution in [0.1, 0.15) is 6.04 Å². The van der Waals surface area contributed by atoms with E-state index in [-0.39, 0.29) is 0 Å². The van der Waals surface area contributed by atoms with E-state index in [4.69, 9.17) is 0 Å². The zero-order chi connectivity index (χ0) is 12.7. The fraction of sp³-hybridized carbons (Fsp3) is 0.214. The van der Waals surface area contributed by atoms with Crippen molar-refractivity contribution in [2.24, 2.45) is 0 Å². The number of rotatable bonds is 2. The lowest BCUT2D eigenvalue weighted by Gasteiger charge is -2.40. The normalized spacial score (nSPS) is 15.7. The largest absolute Gasteiger partial charge is 0.350 e. The highest BCUT2D eigenvalue weighted by atomic mass is 15.4. The summed E-state index contributed by atoms with van der Waals surface area (Å²) in [6, 6.07) is 10.6. The van der Waals surface area contributed by atoms with E-state index < -0.39 is 0 Å². The lowest BCUT2D eigenvalue weighted by molar-refractivity contribution is 0.366. The van der Waals surface area contributed by atoms with Gasteiger partial charge in [0.1, 0.15) is 0 Å². The molecule has 3 heterocycles. The molecule has 1 aliphatic heterocycles. The van der Waals surface area contributed by atoms with Gasteiger partial charge in [-0.15, -0.1) is 5.10 Å². The van der Waals surface area contributed by atoms with Gasteiger partial charge in [-0.05, 0) is 6.07 Å². The van der Waals surface area contributed by atoms with Crippen molar-refractivity contribution in [2.75, 3.05) is 18.0 Å². The van der Waals surface area contributed by atoms with E-state index in [1.165, 1.54) is 0 Å². The predicted molar refractivity (Wildman–Crippen MR) is 73.0 cm³/mol. The standard InChI is InChI=1S/C14H13N5/c1-2-5-13-11(4-1)8-15-17-14(13)18-9-12(10-18)19-7-3-6-16-19/h1-8,12H,9-10H2. The van der Waals surface area contributed by atoms with Crippen LogP contribution in [0.4, 0.5) is 5.82 Å². The van der Waals surface area contributed by atoms with Crippen LogP contribution in [-0.4, -0.2) is 33.1 Å². The maximum absolute atomic E-state index is 4.29. The summed E-state index contributed by atoms with van der Waals surface area (Å²) in [6.45, 7) is 1.87. The Hall–Kier alpha value is -2.43. The highest BCUT2D eigenvalue weighted by molar-refractivity contribution is 5.91. The maximum Gasteiger partial charge on any atom is 0.159 e. The van der Waals surface area contributed by atoms with E-state index in [0.717, 1.165) is 29.7 Å². The zero-order valence-corrected chi connectivity index (χ0v) is 10.3. The quantitative estimate of drug-likeness (QED) is 0.697. The fourth-order valence-electron chi connectivity index (χ4n) is 2.54. The molecule has 5 nitrogen and oxygen atoms in total. The molecule has 1 aliphatic rings. The van der Waals surface area contributed by atoms with E-state index in [2.05, 4.69) is 32.3 Å². The number of fused-ring (bicyclic) bond motifs is 1. The van der Waals surface area contributed by atoms with Crippen LogP contribution < -0.4 is 4.90 Å². The van der Waals surface area contributed by atoms with E-state index >= 15 is 0 Å². The second-order valence-corrected chi connectivity index (χ2v) is 4.80. The predicted octanol–water partition coefficient (Wildman–Crippen LogP) is 1.89. The number of hydrogen-bond donors (Lipinski definition) is 0. The van der Waals surface area contributed by atoms with Gasteiger partial charge in [-0.25, -0.2) is 0 Å². The molecule has 0 unspecified atom stereocenters. The molecule has 0 radical (unpaired) electrons. The van der Waals surface area contributed by atoms with Gasteiger partial charge in [0, 0.05) is 36.3 Å². The Labute approximate surface area is 110 Å². The molecule has 0 amide bonds. The third kappa shape index (κ3) is 1.66. The molecule has 19 heavy (non-hydrogen) atoms. The zero-order valence-electron chi connectivity index (χ0n) is 10.3. The van der Waals surface area contributed by atoms with Crippen LogP contribution in [0.2, 0.25) is 0 Å². The Morgan fingerprint density at radius 3 is 2.84 bits per heavy atom. The fourth-order valence-corrected chi connectivity index (χ4v) is 2.54. The molecule has 1 saturated heterocycles. The van der Waals surface area contributed by atoms with Gasteiger partial charge in [0.15, 0.2) is 5.82 Å². The summed E-state index contributed by atoms with van der Waals surface area (Å²) in [4.78, 5) is 2.25. The molecule has 94 valence electrons. The number of benzene rings is 1. The molecule has 0 saturated carbocycles. The summed E-state index contributed by atoms with van der Waals surface area (Å²) >= 11 is 0. The Morgan fingerprint density at radius 2 is 2.00 bits per heavy atom. The van der Waals surface area contributed by atoms with E-state index in [0.29, 0.717) is 6.04 Å². The second-order valence-electron chi connectivity index (χ2n) is 4.80. The summed E-state index contributed by atoms with van der Waals surface area (Å²) < 4.78 is 2.01. The van der Waals surface area contributed by atoms with Crippen molar-refractivity contribution < 1.29 is 0 Å². The summed E-state index contributed by atoms with van der Waals surface area (Å²) in [6.07, 6.45) is 5.64. The van der Waals surface area contributed by atoms with Crippen LogP contribution in [0, 0.1) is 0 Å². The Morgan fingerprint density at radius 1 is 1.11 bits per heavy atom. The van der Waals surface area contributed by atoms with Crippen LogP contribution in [-0.2, 0) is 0 Å². The molecule has 0 bridgehead atoms. The van der Waals surface area contributed by atoms with Crippen molar-refractivity contribution >= 4 is 16.6 Å². The molecule has 0 N–H and O–H groups in total. The van der Waals surface area contributed by atoms with Crippen LogP contribution >= 0.6 is 0 Å². The van der Waals surface area contributed by atoms with Crippen LogP contribution in [0.25, 0.3) is 10.8 Å². The molecule has 1 aromatic carbocycles. The average Bonchev–Trinajstić information content (AvgIpc) is 2.91. The first-order chi connectivity index (χ1) is 9.42. The molecule has 0 spiro atoms. The van der Waals surface area contributed by atoms with Gasteiger partial charge in [0.05, 0.1) is 12.2 Å². The van der Waals surface area contributed by atoms with Crippen molar-refractivity contribution in [3.05, 3.63) is 48.9 Å². The molecular weight excluding hydrogens is 238 g/mol. The van der Waals surface area contributed by atoms with Gasteiger partial charge >= 0.3 is 0 Å². The molecular formula is C14H13N5. The van der Waals surface area contributed by atoms with E-state index in [9.17, 15) is 0 Å². The molecule has 0 aliphatic carbocycles. The topological polar surface area (TPSA) is 46.8 Å². The van der Waals surface area contributed by atoms with Crippen LogP contribution in [0.5, 0.6) is 0 Å². The maximum atomic E-state index is 4.29. The highest BCUT2D eigenvalue weighted by Gasteiger charge is 2.30. The number of anilines is 1. The Balaban J connectivity index is 1.63. The first-order valence-corrected chi connectivity index (χ1v) is 6.36. The SMILES string of the molecule is c1ccc2c(N3CC(n4cccn4)C3)nncc2c1. The minimum atomic E-state index is 0.441. The molecule has 4 rings (SSSR count). The smallest absolute Gasteiger partial charge is 0.159 e. The number of aromatic nitrogens is 4. The second kappa shape index (κ2) is 4.05. The third-order valence-electron chi connectivity index (χ3n) is 3.61. The molecule has 1 fully saturated rings.